The van der Waals surface area contributed by atoms with Gasteiger partial charge in [0, 0.05) is 6.08 Å². The maximum Gasteiger partial charge on any atom is 0.405 e. The van der Waals surface area contributed by atoms with Gasteiger partial charge in [0.2, 0.25) is 5.91 Å². The van der Waals surface area contributed by atoms with Crippen molar-refractivity contribution in [1.82, 2.24) is 5.32 Å². The van der Waals surface area contributed by atoms with Crippen LogP contribution < -0.4 is 14.8 Å². The number of amides is 1. The van der Waals surface area contributed by atoms with E-state index in [0.29, 0.717) is 17.1 Å². The lowest BCUT2D eigenvalue weighted by Gasteiger charge is -2.09. The van der Waals surface area contributed by atoms with E-state index in [2.05, 4.69) is 0 Å². The van der Waals surface area contributed by atoms with Crippen LogP contribution in [0.3, 0.4) is 0 Å². The van der Waals surface area contributed by atoms with Crippen molar-refractivity contribution in [2.24, 2.45) is 0 Å². The Morgan fingerprint density at radius 3 is 2.73 bits per heavy atom. The molecule has 0 unspecified atom stereocenters. The van der Waals surface area contributed by atoms with Crippen LogP contribution in [0.4, 0.5) is 13.2 Å². The molecule has 0 aliphatic carbocycles. The first kappa shape index (κ1) is 17.4. The van der Waals surface area contributed by atoms with Crippen molar-refractivity contribution in [2.45, 2.75) is 6.18 Å². The molecule has 1 aromatic rings. The molecule has 0 spiro atoms. The summed E-state index contributed by atoms with van der Waals surface area (Å²) in [5, 5.41) is 10.2. The number of nitrogens with zero attached hydrogens (tertiary/aromatic N) is 1. The molecular weight excluding hydrogens is 301 g/mol. The summed E-state index contributed by atoms with van der Waals surface area (Å²) in [6.45, 7) is -1.54. The summed E-state index contributed by atoms with van der Waals surface area (Å²) in [5.74, 6) is -0.170. The lowest BCUT2D eigenvalue weighted by atomic mass is 10.2. The highest BCUT2D eigenvalue weighted by molar-refractivity contribution is 5.91. The van der Waals surface area contributed by atoms with Crippen molar-refractivity contribution in [3.63, 3.8) is 0 Å². The molecule has 0 bridgehead atoms. The number of hydrogen-bond acceptors (Lipinski definition) is 4. The van der Waals surface area contributed by atoms with E-state index < -0.39 is 18.6 Å². The molecule has 0 aliphatic rings. The Labute approximate surface area is 124 Å². The third-order valence-electron chi connectivity index (χ3n) is 2.37. The molecular formula is C14H13F3N2O3. The zero-order chi connectivity index (χ0) is 16.6. The fourth-order valence-electron chi connectivity index (χ4n) is 1.44. The summed E-state index contributed by atoms with van der Waals surface area (Å²) >= 11 is 0. The normalized spacial score (nSPS) is 11.0. The molecule has 0 aromatic heterocycles. The predicted octanol–water partition coefficient (Wildman–Crippen LogP) is 2.29. The second-order valence-corrected chi connectivity index (χ2v) is 4.02. The molecule has 1 amide bonds. The van der Waals surface area contributed by atoms with Crippen molar-refractivity contribution in [1.29, 1.82) is 5.26 Å². The molecule has 22 heavy (non-hydrogen) atoms. The lowest BCUT2D eigenvalue weighted by Crippen LogP contribution is -2.32. The Kier molecular flexibility index (Phi) is 6.25. The largest absolute Gasteiger partial charge is 0.493 e. The highest BCUT2D eigenvalue weighted by atomic mass is 19.4. The molecule has 8 heteroatoms. The number of benzene rings is 1. The summed E-state index contributed by atoms with van der Waals surface area (Å²) < 4.78 is 46.0. The fraction of sp³-hybridized carbons (Fsp3) is 0.286. The number of nitriles is 1. The number of hydrogen-bond donors (Lipinski definition) is 1. The number of halogens is 3. The maximum atomic E-state index is 11.9. The highest BCUT2D eigenvalue weighted by Crippen LogP contribution is 2.28. The van der Waals surface area contributed by atoms with Gasteiger partial charge in [0.05, 0.1) is 7.11 Å². The van der Waals surface area contributed by atoms with E-state index in [-0.39, 0.29) is 6.61 Å². The molecule has 0 saturated carbocycles. The summed E-state index contributed by atoms with van der Waals surface area (Å²) in [6.07, 6.45) is -2.13. The van der Waals surface area contributed by atoms with Crippen molar-refractivity contribution in [2.75, 3.05) is 20.3 Å². The zero-order valence-corrected chi connectivity index (χ0v) is 11.6. The monoisotopic (exact) mass is 314 g/mol. The van der Waals surface area contributed by atoms with Crippen LogP contribution in [0.1, 0.15) is 5.56 Å². The Balaban J connectivity index is 2.71. The van der Waals surface area contributed by atoms with Crippen molar-refractivity contribution < 1.29 is 27.4 Å². The Bertz CT molecular complexity index is 592. The Morgan fingerprint density at radius 1 is 1.41 bits per heavy atom. The second kappa shape index (κ2) is 7.93. The molecule has 0 atom stereocenters. The summed E-state index contributed by atoms with van der Waals surface area (Å²) in [7, 11) is 1.40. The molecule has 1 aromatic carbocycles. The minimum Gasteiger partial charge on any atom is -0.493 e. The molecule has 5 nitrogen and oxygen atoms in total. The van der Waals surface area contributed by atoms with Crippen LogP contribution >= 0.6 is 0 Å². The average molecular weight is 314 g/mol. The minimum absolute atomic E-state index is 0.147. The molecule has 0 fully saturated rings. The van der Waals surface area contributed by atoms with E-state index in [1.165, 1.54) is 25.3 Å². The molecule has 1 rings (SSSR count). The number of methoxy groups -OCH3 is 1. The van der Waals surface area contributed by atoms with Crippen LogP contribution in [0.15, 0.2) is 24.3 Å². The van der Waals surface area contributed by atoms with Crippen LogP contribution in [0.2, 0.25) is 0 Å². The Hall–Kier alpha value is -2.69. The van der Waals surface area contributed by atoms with Crippen molar-refractivity contribution >= 4 is 12.0 Å². The number of rotatable bonds is 6. The number of alkyl halides is 3. The maximum absolute atomic E-state index is 11.9. The van der Waals surface area contributed by atoms with Crippen LogP contribution in [-0.4, -0.2) is 32.3 Å². The third-order valence-corrected chi connectivity index (χ3v) is 2.37. The number of carbonyl (C=O) groups is 1. The highest BCUT2D eigenvalue weighted by Gasteiger charge is 2.27. The zero-order valence-electron chi connectivity index (χ0n) is 11.6. The van der Waals surface area contributed by atoms with Gasteiger partial charge in [-0.3, -0.25) is 4.79 Å². The summed E-state index contributed by atoms with van der Waals surface area (Å²) in [4.78, 5) is 11.2. The molecule has 0 saturated heterocycles. The SMILES string of the molecule is COc1cc(/C=C/C(=O)NCC(F)(F)F)ccc1OCC#N. The number of carbonyl (C=O) groups excluding carboxylic acids is 1. The standard InChI is InChI=1S/C14H13F3N2O3/c1-21-12-8-10(2-4-11(12)22-7-6-18)3-5-13(20)19-9-14(15,16)17/h2-5,8H,7,9H2,1H3,(H,19,20)/b5-3+. The summed E-state index contributed by atoms with van der Waals surface area (Å²) in [5.41, 5.74) is 0.531. The van der Waals surface area contributed by atoms with Gasteiger partial charge in [0.15, 0.2) is 18.1 Å². The first-order valence-corrected chi connectivity index (χ1v) is 6.06. The topological polar surface area (TPSA) is 71.3 Å². The van der Waals surface area contributed by atoms with E-state index in [1.807, 2.05) is 6.07 Å². The number of nitrogens with one attached hydrogen (secondary N) is 1. The van der Waals surface area contributed by atoms with Gasteiger partial charge >= 0.3 is 6.18 Å². The predicted molar refractivity (Wildman–Crippen MR) is 72.2 cm³/mol. The molecule has 118 valence electrons. The van der Waals surface area contributed by atoms with E-state index in [1.54, 1.807) is 11.4 Å². The third kappa shape index (κ3) is 6.17. The van der Waals surface area contributed by atoms with Gasteiger partial charge in [-0.05, 0) is 23.8 Å². The van der Waals surface area contributed by atoms with Gasteiger partial charge in [-0.1, -0.05) is 6.07 Å². The van der Waals surface area contributed by atoms with E-state index in [9.17, 15) is 18.0 Å². The second-order valence-electron chi connectivity index (χ2n) is 4.02. The van der Waals surface area contributed by atoms with Gasteiger partial charge in [0.1, 0.15) is 12.6 Å². The van der Waals surface area contributed by atoms with E-state index in [0.717, 1.165) is 6.08 Å². The molecule has 0 radical (unpaired) electrons. The van der Waals surface area contributed by atoms with Gasteiger partial charge in [0.25, 0.3) is 0 Å². The molecule has 0 heterocycles. The van der Waals surface area contributed by atoms with Crippen LogP contribution in [0.25, 0.3) is 6.08 Å². The van der Waals surface area contributed by atoms with Gasteiger partial charge < -0.3 is 14.8 Å². The number of ether oxygens (including phenoxy) is 2. The molecule has 0 aliphatic heterocycles. The van der Waals surface area contributed by atoms with Gasteiger partial charge in [-0.15, -0.1) is 0 Å². The average Bonchev–Trinajstić information content (AvgIpc) is 2.48. The fourth-order valence-corrected chi connectivity index (χ4v) is 1.44. The quantitative estimate of drug-likeness (QED) is 0.818. The van der Waals surface area contributed by atoms with Crippen LogP contribution in [-0.2, 0) is 4.79 Å². The van der Waals surface area contributed by atoms with E-state index in [4.69, 9.17) is 14.7 Å². The molecule has 1 N–H and O–H groups in total. The van der Waals surface area contributed by atoms with Gasteiger partial charge in [-0.2, -0.15) is 18.4 Å². The lowest BCUT2D eigenvalue weighted by molar-refractivity contribution is -0.135. The summed E-state index contributed by atoms with van der Waals surface area (Å²) in [6, 6.07) is 6.44. The minimum atomic E-state index is -4.45. The van der Waals surface area contributed by atoms with Crippen molar-refractivity contribution in [3.05, 3.63) is 29.8 Å². The first-order chi connectivity index (χ1) is 10.4. The van der Waals surface area contributed by atoms with Crippen LogP contribution in [0.5, 0.6) is 11.5 Å². The van der Waals surface area contributed by atoms with Gasteiger partial charge in [-0.25, -0.2) is 0 Å². The smallest absolute Gasteiger partial charge is 0.405 e. The van der Waals surface area contributed by atoms with Crippen molar-refractivity contribution in [3.8, 4) is 17.6 Å². The Morgan fingerprint density at radius 2 is 2.14 bits per heavy atom. The first-order valence-electron chi connectivity index (χ1n) is 6.06. The van der Waals surface area contributed by atoms with Crippen LogP contribution in [0, 0.1) is 11.3 Å². The van der Waals surface area contributed by atoms with E-state index >= 15 is 0 Å².